The van der Waals surface area contributed by atoms with Crippen LogP contribution in [0.15, 0.2) is 24.3 Å². The van der Waals surface area contributed by atoms with Crippen molar-refractivity contribution < 1.29 is 24.5 Å². The van der Waals surface area contributed by atoms with E-state index in [1.807, 2.05) is 0 Å². The molecular formula is C12H15NO5. The van der Waals surface area contributed by atoms with E-state index < -0.39 is 24.4 Å². The summed E-state index contributed by atoms with van der Waals surface area (Å²) in [6.07, 6.45) is -0.459. The number of carboxylic acid groups (broad SMARTS) is 2. The van der Waals surface area contributed by atoms with Gasteiger partial charge in [-0.15, -0.1) is 0 Å². The number of carbonyl (C=O) groups is 2. The number of hydrogen-bond donors (Lipinski definition) is 3. The maximum Gasteiger partial charge on any atom is 0.321 e. The summed E-state index contributed by atoms with van der Waals surface area (Å²) in [5.41, 5.74) is 0.825. The number of hydrogen-bond acceptors (Lipinski definition) is 4. The van der Waals surface area contributed by atoms with Crippen LogP contribution in [0.3, 0.4) is 0 Å². The number of carboxylic acids is 2. The minimum Gasteiger partial charge on any atom is -0.497 e. The maximum atomic E-state index is 10.8. The Labute approximate surface area is 104 Å². The van der Waals surface area contributed by atoms with Crippen molar-refractivity contribution in [1.82, 2.24) is 5.32 Å². The molecule has 0 heterocycles. The van der Waals surface area contributed by atoms with Crippen LogP contribution >= 0.6 is 0 Å². The highest BCUT2D eigenvalue weighted by Crippen LogP contribution is 2.12. The molecule has 0 aliphatic heterocycles. The molecule has 0 amide bonds. The standard InChI is InChI=1S/C12H15NO5/c1-18-9-4-2-3-8(5-9)7-13-10(12(16)17)6-11(14)15/h2-5,10,13H,6-7H2,1H3,(H,14,15)(H,16,17). The summed E-state index contributed by atoms with van der Waals surface area (Å²) in [6.45, 7) is 0.265. The van der Waals surface area contributed by atoms with Gasteiger partial charge in [0.25, 0.3) is 0 Å². The Bertz CT molecular complexity index is 432. The first-order chi connectivity index (χ1) is 8.52. The Hall–Kier alpha value is -2.08. The van der Waals surface area contributed by atoms with Gasteiger partial charge in [-0.2, -0.15) is 0 Å². The lowest BCUT2D eigenvalue weighted by molar-refractivity contribution is -0.146. The average Bonchev–Trinajstić information content (AvgIpc) is 2.34. The molecule has 0 fully saturated rings. The Morgan fingerprint density at radius 1 is 1.39 bits per heavy atom. The average molecular weight is 253 g/mol. The number of benzene rings is 1. The molecule has 0 aliphatic rings. The fourth-order valence-corrected chi connectivity index (χ4v) is 1.44. The van der Waals surface area contributed by atoms with E-state index in [4.69, 9.17) is 14.9 Å². The van der Waals surface area contributed by atoms with Gasteiger partial charge in [-0.1, -0.05) is 12.1 Å². The van der Waals surface area contributed by atoms with Crippen LogP contribution in [0.5, 0.6) is 5.75 Å². The zero-order chi connectivity index (χ0) is 13.5. The molecule has 18 heavy (non-hydrogen) atoms. The molecule has 1 aromatic carbocycles. The van der Waals surface area contributed by atoms with Crippen LogP contribution in [0.1, 0.15) is 12.0 Å². The van der Waals surface area contributed by atoms with Gasteiger partial charge < -0.3 is 14.9 Å². The molecule has 6 heteroatoms. The van der Waals surface area contributed by atoms with Crippen molar-refractivity contribution >= 4 is 11.9 Å². The lowest BCUT2D eigenvalue weighted by atomic mass is 10.1. The maximum absolute atomic E-state index is 10.8. The minimum atomic E-state index is -1.18. The molecule has 0 radical (unpaired) electrons. The van der Waals surface area contributed by atoms with Crippen LogP contribution in [-0.4, -0.2) is 35.3 Å². The summed E-state index contributed by atoms with van der Waals surface area (Å²) in [7, 11) is 1.54. The molecular weight excluding hydrogens is 238 g/mol. The van der Waals surface area contributed by atoms with Crippen molar-refractivity contribution in [3.63, 3.8) is 0 Å². The van der Waals surface area contributed by atoms with Gasteiger partial charge in [0.05, 0.1) is 13.5 Å². The largest absolute Gasteiger partial charge is 0.497 e. The van der Waals surface area contributed by atoms with Gasteiger partial charge in [0.15, 0.2) is 0 Å². The van der Waals surface area contributed by atoms with Crippen LogP contribution in [0.4, 0.5) is 0 Å². The van der Waals surface area contributed by atoms with E-state index in [0.29, 0.717) is 5.75 Å². The lowest BCUT2D eigenvalue weighted by Gasteiger charge is -2.12. The Morgan fingerprint density at radius 3 is 2.67 bits per heavy atom. The quantitative estimate of drug-likeness (QED) is 0.662. The van der Waals surface area contributed by atoms with Crippen LogP contribution in [0.2, 0.25) is 0 Å². The van der Waals surface area contributed by atoms with Crippen LogP contribution in [-0.2, 0) is 16.1 Å². The minimum absolute atomic E-state index is 0.265. The zero-order valence-electron chi connectivity index (χ0n) is 9.92. The van der Waals surface area contributed by atoms with E-state index in [9.17, 15) is 9.59 Å². The van der Waals surface area contributed by atoms with Crippen molar-refractivity contribution in [3.05, 3.63) is 29.8 Å². The molecule has 1 rings (SSSR count). The number of rotatable bonds is 7. The topological polar surface area (TPSA) is 95.9 Å². The molecule has 0 spiro atoms. The first-order valence-corrected chi connectivity index (χ1v) is 5.34. The van der Waals surface area contributed by atoms with E-state index >= 15 is 0 Å². The van der Waals surface area contributed by atoms with Gasteiger partial charge in [-0.05, 0) is 17.7 Å². The molecule has 0 saturated carbocycles. The van der Waals surface area contributed by atoms with Gasteiger partial charge in [-0.25, -0.2) is 0 Å². The molecule has 3 N–H and O–H groups in total. The van der Waals surface area contributed by atoms with Crippen molar-refractivity contribution in [2.75, 3.05) is 7.11 Å². The summed E-state index contributed by atoms with van der Waals surface area (Å²) >= 11 is 0. The normalized spacial score (nSPS) is 11.8. The monoisotopic (exact) mass is 253 g/mol. The van der Waals surface area contributed by atoms with Crippen molar-refractivity contribution in [2.45, 2.75) is 19.0 Å². The third kappa shape index (κ3) is 4.42. The number of nitrogens with one attached hydrogen (secondary N) is 1. The van der Waals surface area contributed by atoms with Crippen LogP contribution in [0, 0.1) is 0 Å². The molecule has 98 valence electrons. The van der Waals surface area contributed by atoms with E-state index in [-0.39, 0.29) is 6.54 Å². The van der Waals surface area contributed by atoms with E-state index in [2.05, 4.69) is 5.32 Å². The molecule has 0 saturated heterocycles. The summed E-state index contributed by atoms with van der Waals surface area (Å²) in [5, 5.41) is 20.1. The third-order valence-corrected chi connectivity index (χ3v) is 2.36. The highest BCUT2D eigenvalue weighted by atomic mass is 16.5. The molecule has 0 aliphatic carbocycles. The number of aliphatic carboxylic acids is 2. The first-order valence-electron chi connectivity index (χ1n) is 5.34. The summed E-state index contributed by atoms with van der Waals surface area (Å²) in [6, 6.07) is 6.01. The van der Waals surface area contributed by atoms with E-state index in [1.54, 1.807) is 24.3 Å². The predicted octanol–water partition coefficient (Wildman–Crippen LogP) is 0.713. The Balaban J connectivity index is 2.60. The second-order valence-electron chi connectivity index (χ2n) is 3.72. The molecule has 0 bridgehead atoms. The summed E-state index contributed by atoms with van der Waals surface area (Å²) < 4.78 is 5.04. The number of ether oxygens (including phenoxy) is 1. The summed E-state index contributed by atoms with van der Waals surface area (Å²) in [5.74, 6) is -1.67. The highest BCUT2D eigenvalue weighted by Gasteiger charge is 2.19. The van der Waals surface area contributed by atoms with Gasteiger partial charge in [0, 0.05) is 6.54 Å². The van der Waals surface area contributed by atoms with E-state index in [0.717, 1.165) is 5.56 Å². The van der Waals surface area contributed by atoms with Gasteiger partial charge >= 0.3 is 11.9 Å². The molecule has 1 atom stereocenters. The smallest absolute Gasteiger partial charge is 0.321 e. The molecule has 1 aromatic rings. The SMILES string of the molecule is COc1cccc(CNC(CC(=O)O)C(=O)O)c1. The third-order valence-electron chi connectivity index (χ3n) is 2.36. The van der Waals surface area contributed by atoms with Crippen molar-refractivity contribution in [1.29, 1.82) is 0 Å². The Morgan fingerprint density at radius 2 is 2.11 bits per heavy atom. The zero-order valence-corrected chi connectivity index (χ0v) is 9.92. The Kier molecular flexibility index (Phi) is 5.13. The van der Waals surface area contributed by atoms with E-state index in [1.165, 1.54) is 7.11 Å². The second kappa shape index (κ2) is 6.61. The fourth-order valence-electron chi connectivity index (χ4n) is 1.44. The lowest BCUT2D eigenvalue weighted by Crippen LogP contribution is -2.38. The molecule has 1 unspecified atom stereocenters. The van der Waals surface area contributed by atoms with Crippen molar-refractivity contribution in [2.24, 2.45) is 0 Å². The van der Waals surface area contributed by atoms with Gasteiger partial charge in [0.2, 0.25) is 0 Å². The van der Waals surface area contributed by atoms with Crippen molar-refractivity contribution in [3.8, 4) is 5.75 Å². The summed E-state index contributed by atoms with van der Waals surface area (Å²) in [4.78, 5) is 21.3. The van der Waals surface area contributed by atoms with Gasteiger partial charge in [-0.3, -0.25) is 14.9 Å². The molecule has 6 nitrogen and oxygen atoms in total. The van der Waals surface area contributed by atoms with Crippen LogP contribution in [0.25, 0.3) is 0 Å². The highest BCUT2D eigenvalue weighted by molar-refractivity contribution is 5.80. The molecule has 0 aromatic heterocycles. The fraction of sp³-hybridized carbons (Fsp3) is 0.333. The first kappa shape index (κ1) is 14.0. The predicted molar refractivity (Wildman–Crippen MR) is 63.5 cm³/mol. The number of methoxy groups -OCH3 is 1. The second-order valence-corrected chi connectivity index (χ2v) is 3.72. The van der Waals surface area contributed by atoms with Gasteiger partial charge in [0.1, 0.15) is 11.8 Å². The van der Waals surface area contributed by atoms with Crippen LogP contribution < -0.4 is 10.1 Å².